The Kier molecular flexibility index (Phi) is 5.04. The molecule has 0 unspecified atom stereocenters. The molecule has 23 heavy (non-hydrogen) atoms. The zero-order chi connectivity index (χ0) is 17.3. The van der Waals surface area contributed by atoms with Crippen LogP contribution in [0.3, 0.4) is 0 Å². The van der Waals surface area contributed by atoms with Crippen molar-refractivity contribution in [2.75, 3.05) is 26.2 Å². The van der Waals surface area contributed by atoms with E-state index in [4.69, 9.17) is 0 Å². The second-order valence-electron chi connectivity index (χ2n) is 4.97. The summed E-state index contributed by atoms with van der Waals surface area (Å²) in [6.45, 7) is 0.855. The van der Waals surface area contributed by atoms with Gasteiger partial charge < -0.3 is 10.1 Å². The molecule has 2 rings (SSSR count). The minimum atomic E-state index is -5.12. The molecule has 0 aliphatic carbocycles. The lowest BCUT2D eigenvalue weighted by molar-refractivity contribution is -0.275. The first-order chi connectivity index (χ1) is 10.6. The van der Waals surface area contributed by atoms with Gasteiger partial charge >= 0.3 is 12.5 Å². The Hall–Kier alpha value is -1.55. The second-order valence-corrected chi connectivity index (χ2v) is 4.97. The van der Waals surface area contributed by atoms with Crippen LogP contribution in [-0.4, -0.2) is 43.6 Å². The zero-order valence-corrected chi connectivity index (χ0v) is 11.6. The molecule has 1 aromatic rings. The van der Waals surface area contributed by atoms with Gasteiger partial charge in [0.2, 0.25) is 0 Å². The molecular weight excluding hydrogens is 333 g/mol. The van der Waals surface area contributed by atoms with Gasteiger partial charge in [0.15, 0.2) is 11.6 Å². The van der Waals surface area contributed by atoms with Gasteiger partial charge in [-0.2, -0.15) is 13.2 Å². The fourth-order valence-corrected chi connectivity index (χ4v) is 2.44. The molecule has 130 valence electrons. The average Bonchev–Trinajstić information content (AvgIpc) is 2.40. The molecule has 1 aromatic carbocycles. The van der Waals surface area contributed by atoms with Crippen LogP contribution in [0.5, 0.6) is 5.75 Å². The highest BCUT2D eigenvalue weighted by Gasteiger charge is 2.45. The molecule has 1 saturated heterocycles. The van der Waals surface area contributed by atoms with E-state index in [0.29, 0.717) is 25.2 Å². The van der Waals surface area contributed by atoms with Crippen molar-refractivity contribution >= 4 is 0 Å². The molecule has 1 aliphatic rings. The van der Waals surface area contributed by atoms with Gasteiger partial charge in [-0.25, -0.2) is 4.39 Å². The summed E-state index contributed by atoms with van der Waals surface area (Å²) < 4.78 is 93.2. The van der Waals surface area contributed by atoms with Crippen molar-refractivity contribution in [3.63, 3.8) is 0 Å². The van der Waals surface area contributed by atoms with Gasteiger partial charge in [0.25, 0.3) is 0 Å². The lowest BCUT2D eigenvalue weighted by atomic mass is 10.0. The van der Waals surface area contributed by atoms with Gasteiger partial charge in [0, 0.05) is 26.2 Å². The Labute approximate surface area is 127 Å². The maximum absolute atomic E-state index is 13.7. The smallest absolute Gasteiger partial charge is 0.403 e. The third-order valence-electron chi connectivity index (χ3n) is 3.32. The third-order valence-corrected chi connectivity index (χ3v) is 3.32. The molecule has 0 amide bonds. The zero-order valence-electron chi connectivity index (χ0n) is 11.6. The van der Waals surface area contributed by atoms with Crippen LogP contribution in [0.25, 0.3) is 0 Å². The van der Waals surface area contributed by atoms with Crippen molar-refractivity contribution in [2.45, 2.75) is 18.6 Å². The Bertz CT molecular complexity index is 538. The van der Waals surface area contributed by atoms with Gasteiger partial charge in [0.05, 0.1) is 0 Å². The van der Waals surface area contributed by atoms with E-state index < -0.39 is 35.7 Å². The van der Waals surface area contributed by atoms with E-state index in [-0.39, 0.29) is 13.1 Å². The Morgan fingerprint density at radius 1 is 1.04 bits per heavy atom. The first kappa shape index (κ1) is 17.8. The van der Waals surface area contributed by atoms with Crippen molar-refractivity contribution in [3.8, 4) is 5.75 Å². The van der Waals surface area contributed by atoms with Gasteiger partial charge in [-0.3, -0.25) is 4.90 Å². The van der Waals surface area contributed by atoms with Crippen molar-refractivity contribution < 1.29 is 35.5 Å². The van der Waals surface area contributed by atoms with Crippen molar-refractivity contribution in [1.29, 1.82) is 0 Å². The highest BCUT2D eigenvalue weighted by molar-refractivity contribution is 5.32. The molecule has 3 nitrogen and oxygen atoms in total. The van der Waals surface area contributed by atoms with E-state index in [2.05, 4.69) is 10.1 Å². The molecule has 0 aromatic heterocycles. The van der Waals surface area contributed by atoms with Gasteiger partial charge in [-0.1, -0.05) is 6.07 Å². The molecule has 1 heterocycles. The first-order valence-corrected chi connectivity index (χ1v) is 6.64. The normalized spacial score (nSPS) is 18.7. The van der Waals surface area contributed by atoms with E-state index in [1.54, 1.807) is 0 Å². The average molecular weight is 346 g/mol. The monoisotopic (exact) mass is 346 g/mol. The molecule has 0 saturated carbocycles. The lowest BCUT2D eigenvalue weighted by Crippen LogP contribution is -2.49. The number of nitrogens with zero attached hydrogens (tertiary/aromatic N) is 1. The maximum atomic E-state index is 13.7. The van der Waals surface area contributed by atoms with Crippen molar-refractivity contribution in [1.82, 2.24) is 10.2 Å². The first-order valence-electron chi connectivity index (χ1n) is 6.64. The van der Waals surface area contributed by atoms with Crippen LogP contribution < -0.4 is 10.1 Å². The number of rotatable bonds is 3. The SMILES string of the molecule is Fc1cc([C@H](N2CCNCC2)C(F)(F)F)ccc1OC(F)(F)F. The summed E-state index contributed by atoms with van der Waals surface area (Å²) in [7, 11) is 0. The fraction of sp³-hybridized carbons (Fsp3) is 0.538. The highest BCUT2D eigenvalue weighted by atomic mass is 19.4. The Balaban J connectivity index is 2.30. The van der Waals surface area contributed by atoms with Crippen LogP contribution in [-0.2, 0) is 0 Å². The summed E-state index contributed by atoms with van der Waals surface area (Å²) >= 11 is 0. The van der Waals surface area contributed by atoms with Crippen LogP contribution in [0.15, 0.2) is 18.2 Å². The number of piperazine rings is 1. The van der Waals surface area contributed by atoms with Crippen molar-refractivity contribution in [3.05, 3.63) is 29.6 Å². The molecule has 10 heteroatoms. The van der Waals surface area contributed by atoms with Gasteiger partial charge in [-0.05, 0) is 17.7 Å². The largest absolute Gasteiger partial charge is 0.573 e. The fourth-order valence-electron chi connectivity index (χ4n) is 2.44. The van der Waals surface area contributed by atoms with E-state index >= 15 is 0 Å². The van der Waals surface area contributed by atoms with Crippen molar-refractivity contribution in [2.24, 2.45) is 0 Å². The number of hydrogen-bond donors (Lipinski definition) is 1. The minimum Gasteiger partial charge on any atom is -0.403 e. The van der Waals surface area contributed by atoms with E-state index in [1.165, 1.54) is 0 Å². The number of halogens is 7. The summed E-state index contributed by atoms with van der Waals surface area (Å²) in [5.74, 6) is -2.66. The molecular formula is C13H13F7N2O. The number of alkyl halides is 6. The molecule has 0 radical (unpaired) electrons. The summed E-state index contributed by atoms with van der Waals surface area (Å²) in [5.41, 5.74) is -0.466. The molecule has 1 aliphatic heterocycles. The third kappa shape index (κ3) is 4.71. The highest BCUT2D eigenvalue weighted by Crippen LogP contribution is 2.39. The molecule has 1 fully saturated rings. The quantitative estimate of drug-likeness (QED) is 0.851. The number of benzene rings is 1. The number of nitrogens with one attached hydrogen (secondary N) is 1. The van der Waals surface area contributed by atoms with E-state index in [1.807, 2.05) is 0 Å². The standard InChI is InChI=1S/C13H13F7N2O/c14-9-7-8(1-2-10(9)23-13(18,19)20)11(12(15,16)17)22-5-3-21-4-6-22/h1-2,7,11,21H,3-6H2/t11-/m0/s1. The van der Waals surface area contributed by atoms with Crippen LogP contribution in [0.4, 0.5) is 30.7 Å². The maximum Gasteiger partial charge on any atom is 0.573 e. The summed E-state index contributed by atoms with van der Waals surface area (Å²) in [6, 6.07) is -0.302. The number of hydrogen-bond acceptors (Lipinski definition) is 3. The Morgan fingerprint density at radius 3 is 2.13 bits per heavy atom. The summed E-state index contributed by atoms with van der Waals surface area (Å²) in [5, 5.41) is 2.89. The summed E-state index contributed by atoms with van der Waals surface area (Å²) in [4.78, 5) is 1.11. The summed E-state index contributed by atoms with van der Waals surface area (Å²) in [6.07, 6.45) is -9.81. The van der Waals surface area contributed by atoms with Crippen LogP contribution in [0.1, 0.15) is 11.6 Å². The van der Waals surface area contributed by atoms with Gasteiger partial charge in [0.1, 0.15) is 6.04 Å². The predicted molar refractivity (Wildman–Crippen MR) is 66.3 cm³/mol. The second kappa shape index (κ2) is 6.52. The predicted octanol–water partition coefficient (Wildman–Crippen LogP) is 3.23. The van der Waals surface area contributed by atoms with E-state index in [9.17, 15) is 30.7 Å². The lowest BCUT2D eigenvalue weighted by Gasteiger charge is -2.36. The van der Waals surface area contributed by atoms with Gasteiger partial charge in [-0.15, -0.1) is 13.2 Å². The minimum absolute atomic E-state index is 0.0899. The topological polar surface area (TPSA) is 24.5 Å². The Morgan fingerprint density at radius 2 is 1.65 bits per heavy atom. The molecule has 0 spiro atoms. The van der Waals surface area contributed by atoms with Crippen LogP contribution in [0.2, 0.25) is 0 Å². The number of ether oxygens (including phenoxy) is 1. The van der Waals surface area contributed by atoms with Crippen LogP contribution >= 0.6 is 0 Å². The molecule has 0 bridgehead atoms. The molecule has 1 N–H and O–H groups in total. The molecule has 1 atom stereocenters. The van der Waals surface area contributed by atoms with Crippen LogP contribution in [0, 0.1) is 5.82 Å². The van der Waals surface area contributed by atoms with E-state index in [0.717, 1.165) is 11.0 Å².